The maximum Gasteiger partial charge on any atom is 0.310 e. The van der Waals surface area contributed by atoms with E-state index in [-0.39, 0.29) is 17.8 Å². The molecule has 3 aromatic rings. The largest absolute Gasteiger partial charge is 0.490 e. The van der Waals surface area contributed by atoms with Crippen LogP contribution in [0.25, 0.3) is 22.1 Å². The summed E-state index contributed by atoms with van der Waals surface area (Å²) in [6.07, 6.45) is 4.07. The fourth-order valence-corrected chi connectivity index (χ4v) is 3.49. The van der Waals surface area contributed by atoms with Gasteiger partial charge in [-0.05, 0) is 35.7 Å². The summed E-state index contributed by atoms with van der Waals surface area (Å²) in [4.78, 5) is 25.1. The van der Waals surface area contributed by atoms with Gasteiger partial charge in [0.1, 0.15) is 17.6 Å². The third-order valence-electron chi connectivity index (χ3n) is 5.05. The first-order valence-electron chi connectivity index (χ1n) is 10.3. The third-order valence-corrected chi connectivity index (χ3v) is 5.05. The lowest BCUT2D eigenvalue weighted by atomic mass is 10.0. The van der Waals surface area contributed by atoms with Crippen LogP contribution in [0.1, 0.15) is 38.7 Å². The monoisotopic (exact) mass is 408 g/mol. The van der Waals surface area contributed by atoms with E-state index in [1.165, 1.54) is 6.26 Å². The van der Waals surface area contributed by atoms with Gasteiger partial charge in [0.15, 0.2) is 11.5 Å². The molecule has 0 saturated heterocycles. The quantitative estimate of drug-likeness (QED) is 0.442. The second kappa shape index (κ2) is 8.61. The molecule has 0 aliphatic carbocycles. The first-order valence-corrected chi connectivity index (χ1v) is 10.3. The Kier molecular flexibility index (Phi) is 5.74. The highest BCUT2D eigenvalue weighted by Gasteiger charge is 2.17. The second-order valence-corrected chi connectivity index (χ2v) is 7.22. The van der Waals surface area contributed by atoms with E-state index in [2.05, 4.69) is 0 Å². The molecule has 156 valence electrons. The minimum absolute atomic E-state index is 0.142. The van der Waals surface area contributed by atoms with Gasteiger partial charge in [-0.1, -0.05) is 26.3 Å². The molecule has 0 unspecified atom stereocenters. The summed E-state index contributed by atoms with van der Waals surface area (Å²) in [7, 11) is 0. The van der Waals surface area contributed by atoms with Gasteiger partial charge >= 0.3 is 5.97 Å². The van der Waals surface area contributed by atoms with Crippen molar-refractivity contribution < 1.29 is 23.4 Å². The van der Waals surface area contributed by atoms with Crippen LogP contribution in [-0.2, 0) is 11.2 Å². The third kappa shape index (κ3) is 3.90. The normalized spacial score (nSPS) is 13.1. The zero-order valence-electron chi connectivity index (χ0n) is 17.2. The number of fused-ring (bicyclic) bond motifs is 2. The van der Waals surface area contributed by atoms with E-state index in [4.69, 9.17) is 18.6 Å². The van der Waals surface area contributed by atoms with Gasteiger partial charge in [0.25, 0.3) is 0 Å². The van der Waals surface area contributed by atoms with Gasteiger partial charge in [-0.2, -0.15) is 0 Å². The van der Waals surface area contributed by atoms with Crippen molar-refractivity contribution in [1.82, 2.24) is 0 Å². The molecule has 0 fully saturated rings. The van der Waals surface area contributed by atoms with Crippen molar-refractivity contribution in [2.75, 3.05) is 13.2 Å². The Hall–Kier alpha value is -3.28. The van der Waals surface area contributed by atoms with Crippen molar-refractivity contribution in [3.8, 4) is 28.4 Å². The summed E-state index contributed by atoms with van der Waals surface area (Å²) < 4.78 is 22.6. The molecule has 30 heavy (non-hydrogen) atoms. The summed E-state index contributed by atoms with van der Waals surface area (Å²) in [6.45, 7) is 4.95. The number of aryl methyl sites for hydroxylation is 1. The Morgan fingerprint density at radius 3 is 2.63 bits per heavy atom. The first-order chi connectivity index (χ1) is 14.6. The van der Waals surface area contributed by atoms with Crippen molar-refractivity contribution >= 4 is 16.9 Å². The van der Waals surface area contributed by atoms with E-state index in [9.17, 15) is 9.59 Å². The van der Waals surface area contributed by atoms with E-state index >= 15 is 0 Å². The Bertz CT molecular complexity index is 1140. The van der Waals surface area contributed by atoms with Gasteiger partial charge in [0.05, 0.1) is 24.2 Å². The van der Waals surface area contributed by atoms with E-state index < -0.39 is 0 Å². The van der Waals surface area contributed by atoms with Crippen LogP contribution in [0.5, 0.6) is 17.2 Å². The lowest BCUT2D eigenvalue weighted by molar-refractivity contribution is -0.134. The van der Waals surface area contributed by atoms with Crippen LogP contribution in [-0.4, -0.2) is 19.2 Å². The smallest absolute Gasteiger partial charge is 0.310 e. The maximum absolute atomic E-state index is 13.3. The predicted molar refractivity (Wildman–Crippen MR) is 113 cm³/mol. The van der Waals surface area contributed by atoms with Gasteiger partial charge in [-0.15, -0.1) is 0 Å². The topological polar surface area (TPSA) is 75.0 Å². The van der Waals surface area contributed by atoms with Crippen molar-refractivity contribution in [1.29, 1.82) is 0 Å². The molecule has 0 N–H and O–H groups in total. The summed E-state index contributed by atoms with van der Waals surface area (Å²) in [5.41, 5.74) is 2.20. The van der Waals surface area contributed by atoms with Gasteiger partial charge < -0.3 is 18.6 Å². The lowest BCUT2D eigenvalue weighted by Gasteiger charge is -2.12. The number of carbonyl (C=O) groups is 1. The number of carbonyl (C=O) groups excluding carboxylic acids is 1. The molecule has 6 heteroatoms. The van der Waals surface area contributed by atoms with Crippen LogP contribution in [0.2, 0.25) is 0 Å². The molecule has 0 atom stereocenters. The zero-order chi connectivity index (χ0) is 21.1. The number of hydrogen-bond acceptors (Lipinski definition) is 6. The second-order valence-electron chi connectivity index (χ2n) is 7.22. The Balaban J connectivity index is 1.80. The molecule has 2 heterocycles. The molecule has 0 spiro atoms. The van der Waals surface area contributed by atoms with Crippen LogP contribution in [0.4, 0.5) is 0 Å². The summed E-state index contributed by atoms with van der Waals surface area (Å²) >= 11 is 0. The van der Waals surface area contributed by atoms with Crippen LogP contribution in [0, 0.1) is 0 Å². The number of benzene rings is 2. The number of ether oxygens (including phenoxy) is 3. The number of hydrogen-bond donors (Lipinski definition) is 0. The molecule has 1 aliphatic heterocycles. The molecule has 0 bridgehead atoms. The van der Waals surface area contributed by atoms with E-state index in [1.54, 1.807) is 19.1 Å². The van der Waals surface area contributed by atoms with Crippen LogP contribution in [0.3, 0.4) is 0 Å². The Morgan fingerprint density at radius 1 is 1.07 bits per heavy atom. The first kappa shape index (κ1) is 20.0. The molecule has 6 nitrogen and oxygen atoms in total. The minimum Gasteiger partial charge on any atom is -0.490 e. The highest BCUT2D eigenvalue weighted by Crippen LogP contribution is 2.34. The van der Waals surface area contributed by atoms with Crippen molar-refractivity contribution in [2.45, 2.75) is 39.5 Å². The highest BCUT2D eigenvalue weighted by molar-refractivity contribution is 5.85. The number of rotatable bonds is 5. The molecular formula is C24H24O6. The standard InChI is InChI=1S/C24H24O6/c1-3-6-16-11-17-21(13-20(16)30-23(25)4-2)29-14-18(24(17)26)15-7-8-19-22(12-15)28-10-5-9-27-19/h7-8,11-14H,3-6,9-10H2,1-2H3. The molecular weight excluding hydrogens is 384 g/mol. The summed E-state index contributed by atoms with van der Waals surface area (Å²) in [5, 5.41) is 0.458. The average molecular weight is 408 g/mol. The molecule has 0 amide bonds. The Labute approximate surface area is 174 Å². The fourth-order valence-electron chi connectivity index (χ4n) is 3.49. The summed E-state index contributed by atoms with van der Waals surface area (Å²) in [6, 6.07) is 8.86. The van der Waals surface area contributed by atoms with E-state index in [1.807, 2.05) is 25.1 Å². The molecule has 1 aromatic heterocycles. The fraction of sp³-hybridized carbons (Fsp3) is 0.333. The molecule has 2 aromatic carbocycles. The lowest BCUT2D eigenvalue weighted by Crippen LogP contribution is -2.10. The van der Waals surface area contributed by atoms with Crippen molar-refractivity contribution in [2.24, 2.45) is 0 Å². The predicted octanol–water partition coefficient (Wildman–Crippen LogP) is 4.89. The highest BCUT2D eigenvalue weighted by atomic mass is 16.5. The zero-order valence-corrected chi connectivity index (χ0v) is 17.2. The van der Waals surface area contributed by atoms with Gasteiger partial charge in [-0.3, -0.25) is 9.59 Å². The number of esters is 1. The van der Waals surface area contributed by atoms with Crippen LogP contribution in [0.15, 0.2) is 45.8 Å². The summed E-state index contributed by atoms with van der Waals surface area (Å²) in [5.74, 6) is 1.42. The van der Waals surface area contributed by atoms with Gasteiger partial charge in [-0.25, -0.2) is 0 Å². The Morgan fingerprint density at radius 2 is 1.87 bits per heavy atom. The van der Waals surface area contributed by atoms with E-state index in [0.717, 1.165) is 18.4 Å². The van der Waals surface area contributed by atoms with Crippen molar-refractivity contribution in [3.63, 3.8) is 0 Å². The maximum atomic E-state index is 13.3. The van der Waals surface area contributed by atoms with Crippen LogP contribution >= 0.6 is 0 Å². The van der Waals surface area contributed by atoms with E-state index in [0.29, 0.717) is 59.0 Å². The SMILES string of the molecule is CCCc1cc2c(=O)c(-c3ccc4c(c3)OCCCO4)coc2cc1OC(=O)CC. The molecule has 0 radical (unpaired) electrons. The van der Waals surface area contributed by atoms with Crippen molar-refractivity contribution in [3.05, 3.63) is 52.4 Å². The van der Waals surface area contributed by atoms with Gasteiger partial charge in [0, 0.05) is 18.9 Å². The molecule has 4 rings (SSSR count). The molecule has 1 aliphatic rings. The minimum atomic E-state index is -0.321. The average Bonchev–Trinajstić information content (AvgIpc) is 3.00. The van der Waals surface area contributed by atoms with Gasteiger partial charge in [0.2, 0.25) is 5.43 Å². The molecule has 0 saturated carbocycles. The van der Waals surface area contributed by atoms with Crippen LogP contribution < -0.4 is 19.6 Å².